The Bertz CT molecular complexity index is 671. The summed E-state index contributed by atoms with van der Waals surface area (Å²) in [5.41, 5.74) is 3.74. The molecule has 0 bridgehead atoms. The second-order valence-electron chi connectivity index (χ2n) is 5.49. The standard InChI is InChI=1S/C18H23FN4.HI/c1-13-4-6-16(10-17(13)19)12-23-18(20-3)21-9-8-15-7-5-14(2)22-11-15;/h4-7,10-11H,8-9,12H2,1-3H3,(H2,20,21,23);1H. The Morgan fingerprint density at radius 2 is 1.88 bits per heavy atom. The molecule has 2 rings (SSSR count). The highest BCUT2D eigenvalue weighted by molar-refractivity contribution is 14.0. The van der Waals surface area contributed by atoms with Gasteiger partial charge in [0.2, 0.25) is 0 Å². The first-order valence-corrected chi connectivity index (χ1v) is 7.69. The zero-order valence-electron chi connectivity index (χ0n) is 14.3. The van der Waals surface area contributed by atoms with Crippen LogP contribution in [0.15, 0.2) is 41.5 Å². The van der Waals surface area contributed by atoms with Crippen LogP contribution in [0.25, 0.3) is 0 Å². The average Bonchev–Trinajstić information content (AvgIpc) is 2.55. The number of nitrogens with one attached hydrogen (secondary N) is 2. The molecule has 1 heterocycles. The van der Waals surface area contributed by atoms with Crippen LogP contribution in [0, 0.1) is 19.7 Å². The van der Waals surface area contributed by atoms with Crippen molar-refractivity contribution in [3.63, 3.8) is 0 Å². The van der Waals surface area contributed by atoms with Crippen molar-refractivity contribution in [3.05, 3.63) is 64.7 Å². The van der Waals surface area contributed by atoms with Gasteiger partial charge in [0.25, 0.3) is 0 Å². The first-order valence-electron chi connectivity index (χ1n) is 7.69. The summed E-state index contributed by atoms with van der Waals surface area (Å²) in [6, 6.07) is 9.33. The van der Waals surface area contributed by atoms with Crippen LogP contribution in [0.5, 0.6) is 0 Å². The van der Waals surface area contributed by atoms with Crippen molar-refractivity contribution in [2.75, 3.05) is 13.6 Å². The molecule has 0 saturated carbocycles. The van der Waals surface area contributed by atoms with Crippen LogP contribution in [0.3, 0.4) is 0 Å². The molecule has 0 aliphatic heterocycles. The van der Waals surface area contributed by atoms with Crippen molar-refractivity contribution >= 4 is 29.9 Å². The van der Waals surface area contributed by atoms with Crippen molar-refractivity contribution in [1.29, 1.82) is 0 Å². The lowest BCUT2D eigenvalue weighted by molar-refractivity contribution is 0.615. The van der Waals surface area contributed by atoms with Crippen LogP contribution >= 0.6 is 24.0 Å². The van der Waals surface area contributed by atoms with Crippen molar-refractivity contribution in [2.45, 2.75) is 26.8 Å². The summed E-state index contributed by atoms with van der Waals surface area (Å²) in [5, 5.41) is 6.43. The third kappa shape index (κ3) is 6.43. The topological polar surface area (TPSA) is 49.3 Å². The van der Waals surface area contributed by atoms with E-state index in [0.717, 1.165) is 24.2 Å². The van der Waals surface area contributed by atoms with Gasteiger partial charge >= 0.3 is 0 Å². The summed E-state index contributed by atoms with van der Waals surface area (Å²) in [5.74, 6) is 0.519. The summed E-state index contributed by atoms with van der Waals surface area (Å²) in [7, 11) is 1.72. The van der Waals surface area contributed by atoms with E-state index in [1.54, 1.807) is 26.1 Å². The molecule has 1 aromatic carbocycles. The lowest BCUT2D eigenvalue weighted by atomic mass is 10.1. The van der Waals surface area contributed by atoms with Gasteiger partial charge in [-0.05, 0) is 49.1 Å². The first-order chi connectivity index (χ1) is 11.1. The molecular weight excluding hydrogens is 418 g/mol. The molecule has 0 fully saturated rings. The summed E-state index contributed by atoms with van der Waals surface area (Å²) < 4.78 is 13.5. The van der Waals surface area contributed by atoms with E-state index >= 15 is 0 Å². The second kappa shape index (κ2) is 10.2. The smallest absolute Gasteiger partial charge is 0.191 e. The van der Waals surface area contributed by atoms with Crippen LogP contribution in [-0.2, 0) is 13.0 Å². The van der Waals surface area contributed by atoms with Crippen molar-refractivity contribution in [3.8, 4) is 0 Å². The average molecular weight is 442 g/mol. The van der Waals surface area contributed by atoms with E-state index in [1.165, 1.54) is 5.56 Å². The number of aliphatic imine (C=N–C) groups is 1. The Morgan fingerprint density at radius 3 is 2.50 bits per heavy atom. The quantitative estimate of drug-likeness (QED) is 0.424. The summed E-state index contributed by atoms with van der Waals surface area (Å²) in [6.45, 7) is 5.02. The Balaban J connectivity index is 0.00000288. The van der Waals surface area contributed by atoms with Gasteiger partial charge in [0.15, 0.2) is 5.96 Å². The molecule has 2 N–H and O–H groups in total. The lowest BCUT2D eigenvalue weighted by Gasteiger charge is -2.12. The fourth-order valence-corrected chi connectivity index (χ4v) is 2.12. The Labute approximate surface area is 160 Å². The predicted octanol–water partition coefficient (Wildman–Crippen LogP) is 3.36. The molecule has 0 aliphatic carbocycles. The SMILES string of the molecule is CN=C(NCCc1ccc(C)nc1)NCc1ccc(C)c(F)c1.I. The molecule has 6 heteroatoms. The van der Waals surface area contributed by atoms with Gasteiger partial charge in [0.1, 0.15) is 5.82 Å². The van der Waals surface area contributed by atoms with Crippen LogP contribution in [0.4, 0.5) is 4.39 Å². The summed E-state index contributed by atoms with van der Waals surface area (Å²) in [4.78, 5) is 8.45. The molecule has 4 nitrogen and oxygen atoms in total. The highest BCUT2D eigenvalue weighted by Gasteiger charge is 2.02. The minimum Gasteiger partial charge on any atom is -0.356 e. The number of benzene rings is 1. The normalized spacial score (nSPS) is 10.9. The third-order valence-electron chi connectivity index (χ3n) is 3.60. The summed E-state index contributed by atoms with van der Waals surface area (Å²) in [6.07, 6.45) is 2.76. The largest absolute Gasteiger partial charge is 0.356 e. The Hall–Kier alpha value is -1.70. The molecule has 2 aromatic rings. The maximum atomic E-state index is 13.5. The number of rotatable bonds is 5. The molecule has 0 amide bonds. The number of guanidine groups is 1. The number of aromatic nitrogens is 1. The maximum Gasteiger partial charge on any atom is 0.191 e. The van der Waals surface area contributed by atoms with E-state index in [4.69, 9.17) is 0 Å². The minimum atomic E-state index is -0.181. The monoisotopic (exact) mass is 442 g/mol. The van der Waals surface area contributed by atoms with Gasteiger partial charge in [-0.1, -0.05) is 18.2 Å². The molecule has 0 spiro atoms. The van der Waals surface area contributed by atoms with Crippen LogP contribution in [-0.4, -0.2) is 24.5 Å². The number of aryl methyl sites for hydroxylation is 2. The molecular formula is C18H24FIN4. The minimum absolute atomic E-state index is 0. The van der Waals surface area contributed by atoms with E-state index in [1.807, 2.05) is 25.3 Å². The number of nitrogens with zero attached hydrogens (tertiary/aromatic N) is 2. The number of halogens is 2. The number of hydrogen-bond acceptors (Lipinski definition) is 2. The van der Waals surface area contributed by atoms with Gasteiger partial charge in [-0.2, -0.15) is 0 Å². The van der Waals surface area contributed by atoms with Gasteiger partial charge in [-0.25, -0.2) is 4.39 Å². The fourth-order valence-electron chi connectivity index (χ4n) is 2.12. The zero-order chi connectivity index (χ0) is 16.7. The van der Waals surface area contributed by atoms with Gasteiger partial charge in [0.05, 0.1) is 0 Å². The fraction of sp³-hybridized carbons (Fsp3) is 0.333. The lowest BCUT2D eigenvalue weighted by Crippen LogP contribution is -2.37. The predicted molar refractivity (Wildman–Crippen MR) is 107 cm³/mol. The maximum absolute atomic E-state index is 13.5. The van der Waals surface area contributed by atoms with E-state index < -0.39 is 0 Å². The summed E-state index contributed by atoms with van der Waals surface area (Å²) >= 11 is 0. The van der Waals surface area contributed by atoms with Gasteiger partial charge in [0, 0.05) is 32.0 Å². The van der Waals surface area contributed by atoms with E-state index in [0.29, 0.717) is 18.1 Å². The Kier molecular flexibility index (Phi) is 8.67. The van der Waals surface area contributed by atoms with Crippen molar-refractivity contribution in [2.24, 2.45) is 4.99 Å². The zero-order valence-corrected chi connectivity index (χ0v) is 16.6. The molecule has 0 atom stereocenters. The number of pyridine rings is 1. The van der Waals surface area contributed by atoms with E-state index in [-0.39, 0.29) is 29.8 Å². The second-order valence-corrected chi connectivity index (χ2v) is 5.49. The van der Waals surface area contributed by atoms with Gasteiger partial charge in [-0.15, -0.1) is 24.0 Å². The van der Waals surface area contributed by atoms with E-state index in [9.17, 15) is 4.39 Å². The van der Waals surface area contributed by atoms with Crippen molar-refractivity contribution < 1.29 is 4.39 Å². The molecule has 130 valence electrons. The van der Waals surface area contributed by atoms with Crippen LogP contribution in [0.1, 0.15) is 22.4 Å². The molecule has 0 unspecified atom stereocenters. The molecule has 24 heavy (non-hydrogen) atoms. The van der Waals surface area contributed by atoms with Gasteiger partial charge in [-0.3, -0.25) is 9.98 Å². The van der Waals surface area contributed by atoms with Crippen LogP contribution < -0.4 is 10.6 Å². The third-order valence-corrected chi connectivity index (χ3v) is 3.60. The first kappa shape index (κ1) is 20.3. The number of hydrogen-bond donors (Lipinski definition) is 2. The van der Waals surface area contributed by atoms with Gasteiger partial charge < -0.3 is 10.6 Å². The highest BCUT2D eigenvalue weighted by Crippen LogP contribution is 2.08. The van der Waals surface area contributed by atoms with Crippen molar-refractivity contribution in [1.82, 2.24) is 15.6 Å². The Morgan fingerprint density at radius 1 is 1.12 bits per heavy atom. The highest BCUT2D eigenvalue weighted by atomic mass is 127. The molecule has 0 saturated heterocycles. The van der Waals surface area contributed by atoms with Crippen LogP contribution in [0.2, 0.25) is 0 Å². The van der Waals surface area contributed by atoms with E-state index in [2.05, 4.69) is 26.7 Å². The molecule has 1 aromatic heterocycles. The molecule has 0 radical (unpaired) electrons. The molecule has 0 aliphatic rings.